The van der Waals surface area contributed by atoms with Crippen molar-refractivity contribution in [1.29, 1.82) is 0 Å². The molecule has 0 aliphatic carbocycles. The Bertz CT molecular complexity index is 383. The van der Waals surface area contributed by atoms with Gasteiger partial charge in [0.05, 0.1) is 25.3 Å². The maximum atomic E-state index is 11.5. The van der Waals surface area contributed by atoms with Crippen molar-refractivity contribution in [2.75, 3.05) is 38.3 Å². The number of esters is 1. The van der Waals surface area contributed by atoms with E-state index < -0.39 is 0 Å². The van der Waals surface area contributed by atoms with E-state index in [1.54, 1.807) is 0 Å². The van der Waals surface area contributed by atoms with Crippen molar-refractivity contribution >= 4 is 22.3 Å². The molecule has 0 bridgehead atoms. The van der Waals surface area contributed by atoms with Crippen LogP contribution >= 0.6 is 11.3 Å². The lowest BCUT2D eigenvalue weighted by Gasteiger charge is -2.27. The predicted octanol–water partition coefficient (Wildman–Crippen LogP) is 1.68. The summed E-state index contributed by atoms with van der Waals surface area (Å²) in [5, 5.41) is 1.13. The first kappa shape index (κ1) is 11.4. The van der Waals surface area contributed by atoms with E-state index in [4.69, 9.17) is 9.47 Å². The Kier molecular flexibility index (Phi) is 3.46. The highest BCUT2D eigenvalue weighted by Crippen LogP contribution is 2.30. The molecule has 0 N–H and O–H groups in total. The van der Waals surface area contributed by atoms with E-state index in [1.165, 1.54) is 18.4 Å². The Morgan fingerprint density at radius 1 is 1.50 bits per heavy atom. The summed E-state index contributed by atoms with van der Waals surface area (Å²) in [5.74, 6) is -0.248. The lowest BCUT2D eigenvalue weighted by molar-refractivity contribution is 0.0605. The molecule has 2 heterocycles. The average molecular weight is 241 g/mol. The Hall–Kier alpha value is -1.07. The van der Waals surface area contributed by atoms with Gasteiger partial charge in [0.2, 0.25) is 0 Å². The number of hydrogen-bond donors (Lipinski definition) is 0. The fourth-order valence-corrected chi connectivity index (χ4v) is 2.84. The molecular formula is C11H15NO3S. The summed E-state index contributed by atoms with van der Waals surface area (Å²) in [5.41, 5.74) is 0.985. The smallest absolute Gasteiger partial charge is 0.348 e. The van der Waals surface area contributed by atoms with E-state index in [0.29, 0.717) is 4.88 Å². The van der Waals surface area contributed by atoms with Crippen LogP contribution in [-0.4, -0.2) is 39.4 Å². The van der Waals surface area contributed by atoms with Crippen molar-refractivity contribution in [3.8, 4) is 0 Å². The van der Waals surface area contributed by atoms with Crippen molar-refractivity contribution in [3.63, 3.8) is 0 Å². The second-order valence-corrected chi connectivity index (χ2v) is 4.72. The molecular weight excluding hydrogens is 226 g/mol. The maximum absolute atomic E-state index is 11.5. The highest BCUT2D eigenvalue weighted by atomic mass is 32.1. The molecule has 2 rings (SSSR count). The summed E-state index contributed by atoms with van der Waals surface area (Å²) in [4.78, 5) is 14.4. The molecule has 1 aromatic heterocycles. The van der Waals surface area contributed by atoms with Crippen LogP contribution in [0.5, 0.6) is 0 Å². The number of ether oxygens (including phenoxy) is 2. The number of anilines is 1. The number of aryl methyl sites for hydroxylation is 1. The van der Waals surface area contributed by atoms with Gasteiger partial charge in [-0.2, -0.15) is 0 Å². The summed E-state index contributed by atoms with van der Waals surface area (Å²) in [6.45, 7) is 5.23. The molecule has 0 amide bonds. The summed E-state index contributed by atoms with van der Waals surface area (Å²) in [7, 11) is 1.41. The second kappa shape index (κ2) is 4.84. The van der Waals surface area contributed by atoms with E-state index in [1.807, 2.05) is 13.0 Å². The zero-order valence-electron chi connectivity index (χ0n) is 9.49. The predicted molar refractivity (Wildman–Crippen MR) is 63.4 cm³/mol. The van der Waals surface area contributed by atoms with Gasteiger partial charge in [-0.3, -0.25) is 0 Å². The van der Waals surface area contributed by atoms with E-state index in [0.717, 1.165) is 36.9 Å². The normalized spacial score (nSPS) is 16.2. The molecule has 0 unspecified atom stereocenters. The number of hydrogen-bond acceptors (Lipinski definition) is 5. The van der Waals surface area contributed by atoms with Gasteiger partial charge in [-0.15, -0.1) is 11.3 Å². The van der Waals surface area contributed by atoms with Crippen LogP contribution < -0.4 is 4.90 Å². The van der Waals surface area contributed by atoms with E-state index in [-0.39, 0.29) is 5.97 Å². The number of methoxy groups -OCH3 is 1. The molecule has 4 nitrogen and oxygen atoms in total. The number of carbonyl (C=O) groups excluding carboxylic acids is 1. The lowest BCUT2D eigenvalue weighted by atomic mass is 10.3. The highest BCUT2D eigenvalue weighted by molar-refractivity contribution is 7.18. The van der Waals surface area contributed by atoms with Gasteiger partial charge < -0.3 is 14.4 Å². The average Bonchev–Trinajstić information content (AvgIpc) is 2.71. The first-order valence-corrected chi connectivity index (χ1v) is 6.05. The molecule has 0 aromatic carbocycles. The van der Waals surface area contributed by atoms with E-state index in [2.05, 4.69) is 4.90 Å². The number of carbonyl (C=O) groups is 1. The fourth-order valence-electron chi connectivity index (χ4n) is 1.70. The van der Waals surface area contributed by atoms with Crippen molar-refractivity contribution in [3.05, 3.63) is 16.5 Å². The van der Waals surface area contributed by atoms with Crippen LogP contribution in [0.15, 0.2) is 6.07 Å². The van der Waals surface area contributed by atoms with Crippen molar-refractivity contribution < 1.29 is 14.3 Å². The zero-order chi connectivity index (χ0) is 11.5. The molecule has 1 aromatic rings. The SMILES string of the molecule is COC(=O)c1sc(N2CCOCC2)cc1C. The van der Waals surface area contributed by atoms with Crippen LogP contribution in [0.1, 0.15) is 15.2 Å². The largest absolute Gasteiger partial charge is 0.465 e. The zero-order valence-corrected chi connectivity index (χ0v) is 10.3. The van der Waals surface area contributed by atoms with Crippen molar-refractivity contribution in [2.45, 2.75) is 6.92 Å². The third-order valence-electron chi connectivity index (χ3n) is 2.60. The summed E-state index contributed by atoms with van der Waals surface area (Å²) in [6, 6.07) is 2.04. The minimum absolute atomic E-state index is 0.248. The second-order valence-electron chi connectivity index (χ2n) is 3.69. The van der Waals surface area contributed by atoms with Gasteiger partial charge in [0.25, 0.3) is 0 Å². The summed E-state index contributed by atoms with van der Waals surface area (Å²) >= 11 is 1.49. The third kappa shape index (κ3) is 2.20. The Labute approximate surface area is 98.8 Å². The van der Waals surface area contributed by atoms with Gasteiger partial charge in [-0.05, 0) is 18.6 Å². The number of thiophene rings is 1. The standard InChI is InChI=1S/C11H15NO3S/c1-8-7-9(12-3-5-15-6-4-12)16-10(8)11(13)14-2/h7H,3-6H2,1-2H3. The monoisotopic (exact) mass is 241 g/mol. The molecule has 1 fully saturated rings. The topological polar surface area (TPSA) is 38.8 Å². The van der Waals surface area contributed by atoms with Gasteiger partial charge in [0.1, 0.15) is 4.88 Å². The van der Waals surface area contributed by atoms with Crippen LogP contribution in [0.25, 0.3) is 0 Å². The Morgan fingerprint density at radius 3 is 2.81 bits per heavy atom. The van der Waals surface area contributed by atoms with Crippen molar-refractivity contribution in [1.82, 2.24) is 0 Å². The number of nitrogens with zero attached hydrogens (tertiary/aromatic N) is 1. The first-order valence-electron chi connectivity index (χ1n) is 5.24. The molecule has 0 saturated carbocycles. The molecule has 0 atom stereocenters. The molecule has 1 saturated heterocycles. The van der Waals surface area contributed by atoms with Gasteiger partial charge in [0.15, 0.2) is 0 Å². The molecule has 0 spiro atoms. The molecule has 0 radical (unpaired) electrons. The number of morpholine rings is 1. The Balaban J connectivity index is 2.19. The van der Waals surface area contributed by atoms with Crippen LogP contribution in [0.3, 0.4) is 0 Å². The lowest BCUT2D eigenvalue weighted by Crippen LogP contribution is -2.35. The van der Waals surface area contributed by atoms with Crippen LogP contribution in [0.2, 0.25) is 0 Å². The van der Waals surface area contributed by atoms with Crippen LogP contribution in [0.4, 0.5) is 5.00 Å². The van der Waals surface area contributed by atoms with Gasteiger partial charge >= 0.3 is 5.97 Å². The van der Waals surface area contributed by atoms with Crippen molar-refractivity contribution in [2.24, 2.45) is 0 Å². The minimum atomic E-state index is -0.248. The van der Waals surface area contributed by atoms with Gasteiger partial charge in [-0.25, -0.2) is 4.79 Å². The summed E-state index contributed by atoms with van der Waals surface area (Å²) in [6.07, 6.45) is 0. The molecule has 16 heavy (non-hydrogen) atoms. The molecule has 1 aliphatic heterocycles. The Morgan fingerprint density at radius 2 is 2.19 bits per heavy atom. The highest BCUT2D eigenvalue weighted by Gasteiger charge is 2.18. The number of rotatable bonds is 2. The molecule has 1 aliphatic rings. The maximum Gasteiger partial charge on any atom is 0.348 e. The van der Waals surface area contributed by atoms with Crippen LogP contribution in [0, 0.1) is 6.92 Å². The van der Waals surface area contributed by atoms with Gasteiger partial charge in [0, 0.05) is 13.1 Å². The first-order chi connectivity index (χ1) is 7.72. The third-order valence-corrected chi connectivity index (χ3v) is 3.88. The molecule has 5 heteroatoms. The molecule has 88 valence electrons. The van der Waals surface area contributed by atoms with Crippen LogP contribution in [-0.2, 0) is 9.47 Å². The van der Waals surface area contributed by atoms with E-state index >= 15 is 0 Å². The summed E-state index contributed by atoms with van der Waals surface area (Å²) < 4.78 is 10.0. The minimum Gasteiger partial charge on any atom is -0.465 e. The van der Waals surface area contributed by atoms with E-state index in [9.17, 15) is 4.79 Å². The fraction of sp³-hybridized carbons (Fsp3) is 0.545. The quantitative estimate of drug-likeness (QED) is 0.738. The van der Waals surface area contributed by atoms with Gasteiger partial charge in [-0.1, -0.05) is 0 Å².